The molecule has 2 amide bonds. The minimum absolute atomic E-state index is 0.0576. The van der Waals surface area contributed by atoms with E-state index in [-0.39, 0.29) is 23.6 Å². The van der Waals surface area contributed by atoms with Crippen LogP contribution in [0, 0.1) is 0 Å². The van der Waals surface area contributed by atoms with E-state index in [1.165, 1.54) is 0 Å². The van der Waals surface area contributed by atoms with E-state index >= 15 is 0 Å². The molecule has 0 saturated carbocycles. The van der Waals surface area contributed by atoms with Crippen molar-refractivity contribution in [1.82, 2.24) is 15.5 Å². The smallest absolute Gasteiger partial charge is 0.270 e. The molecule has 0 spiro atoms. The number of aromatic amines is 1. The van der Waals surface area contributed by atoms with Crippen molar-refractivity contribution >= 4 is 33.6 Å². The highest BCUT2D eigenvalue weighted by atomic mass is 79.9. The van der Waals surface area contributed by atoms with Crippen molar-refractivity contribution < 1.29 is 9.59 Å². The van der Waals surface area contributed by atoms with Crippen LogP contribution in [0.25, 0.3) is 0 Å². The largest absolute Gasteiger partial charge is 0.348 e. The van der Waals surface area contributed by atoms with E-state index in [1.54, 1.807) is 6.07 Å². The number of benzene rings is 1. The summed E-state index contributed by atoms with van der Waals surface area (Å²) < 4.78 is 0.436. The van der Waals surface area contributed by atoms with E-state index in [2.05, 4.69) is 36.8 Å². The zero-order chi connectivity index (χ0) is 17.7. The first-order valence-corrected chi connectivity index (χ1v) is 8.71. The number of aryl methyl sites for hydroxylation is 1. The number of H-pyrrole nitrogens is 1. The lowest BCUT2D eigenvalue weighted by molar-refractivity contribution is 0.0932. The summed E-state index contributed by atoms with van der Waals surface area (Å²) in [4.78, 5) is 24.6. The number of carbonyl (C=O) groups is 2. The number of aromatic nitrogens is 2. The Kier molecular flexibility index (Phi) is 6.14. The predicted octanol–water partition coefficient (Wildman–Crippen LogP) is 3.52. The van der Waals surface area contributed by atoms with Gasteiger partial charge >= 0.3 is 0 Å². The number of anilines is 1. The van der Waals surface area contributed by atoms with Gasteiger partial charge in [-0.25, -0.2) is 0 Å². The number of carbonyl (C=O) groups excluding carboxylic acids is 2. The van der Waals surface area contributed by atoms with Crippen molar-refractivity contribution in [2.75, 3.05) is 5.32 Å². The topological polar surface area (TPSA) is 86.9 Å². The molecule has 128 valence electrons. The lowest BCUT2D eigenvalue weighted by Gasteiger charge is -2.10. The average Bonchev–Trinajstić information content (AvgIpc) is 2.95. The summed E-state index contributed by atoms with van der Waals surface area (Å²) >= 11 is 3.33. The zero-order valence-electron chi connectivity index (χ0n) is 13.9. The number of amides is 2. The van der Waals surface area contributed by atoms with Gasteiger partial charge in [-0.1, -0.05) is 32.0 Å². The molecule has 1 heterocycles. The van der Waals surface area contributed by atoms with E-state index in [1.807, 2.05) is 39.0 Å². The Morgan fingerprint density at radius 2 is 1.96 bits per heavy atom. The van der Waals surface area contributed by atoms with Crippen molar-refractivity contribution in [2.45, 2.75) is 39.7 Å². The van der Waals surface area contributed by atoms with Crippen LogP contribution in [0.4, 0.5) is 5.82 Å². The van der Waals surface area contributed by atoms with Gasteiger partial charge in [0.25, 0.3) is 11.8 Å². The van der Waals surface area contributed by atoms with Crippen LogP contribution in [0.5, 0.6) is 0 Å². The number of hydrogen-bond acceptors (Lipinski definition) is 3. The minimum atomic E-state index is -0.266. The maximum atomic E-state index is 12.5. The molecule has 0 aliphatic rings. The second-order valence-corrected chi connectivity index (χ2v) is 6.30. The number of rotatable bonds is 6. The third-order valence-corrected chi connectivity index (χ3v) is 4.57. The fourth-order valence-electron chi connectivity index (χ4n) is 2.18. The highest BCUT2D eigenvalue weighted by Crippen LogP contribution is 2.24. The molecule has 3 N–H and O–H groups in total. The van der Waals surface area contributed by atoms with Crippen LogP contribution in [-0.4, -0.2) is 28.1 Å². The second-order valence-electron chi connectivity index (χ2n) is 5.51. The fraction of sp³-hybridized carbons (Fsp3) is 0.353. The molecule has 0 bridgehead atoms. The molecular formula is C17H21BrN4O2. The first kappa shape index (κ1) is 18.2. The number of nitrogens with zero attached hydrogens (tertiary/aromatic N) is 1. The van der Waals surface area contributed by atoms with Crippen LogP contribution in [0.3, 0.4) is 0 Å². The van der Waals surface area contributed by atoms with Gasteiger partial charge in [-0.05, 0) is 47.3 Å². The van der Waals surface area contributed by atoms with Gasteiger partial charge in [0, 0.05) is 11.6 Å². The van der Waals surface area contributed by atoms with E-state index in [4.69, 9.17) is 0 Å². The molecule has 2 rings (SSSR count). The molecule has 7 heteroatoms. The summed E-state index contributed by atoms with van der Waals surface area (Å²) in [6, 6.07) is 7.46. The lowest BCUT2D eigenvalue weighted by atomic mass is 10.0. The highest BCUT2D eigenvalue weighted by molar-refractivity contribution is 9.10. The van der Waals surface area contributed by atoms with E-state index in [0.29, 0.717) is 15.9 Å². The van der Waals surface area contributed by atoms with Gasteiger partial charge in [0.05, 0.1) is 4.47 Å². The molecule has 0 fully saturated rings. The quantitative estimate of drug-likeness (QED) is 0.702. The van der Waals surface area contributed by atoms with Gasteiger partial charge in [0.1, 0.15) is 5.69 Å². The summed E-state index contributed by atoms with van der Waals surface area (Å²) in [5, 5.41) is 12.3. The maximum absolute atomic E-state index is 12.5. The Balaban J connectivity index is 2.17. The highest BCUT2D eigenvalue weighted by Gasteiger charge is 2.20. The minimum Gasteiger partial charge on any atom is -0.348 e. The molecule has 0 saturated heterocycles. The predicted molar refractivity (Wildman–Crippen MR) is 97.3 cm³/mol. The summed E-state index contributed by atoms with van der Waals surface area (Å²) in [6.07, 6.45) is 1.59. The molecule has 1 atom stereocenters. The SMILES string of the molecule is CCc1ccccc1C(=O)Nc1n[nH]c(C(=O)N[C@H](C)CC)c1Br. The summed E-state index contributed by atoms with van der Waals surface area (Å²) in [6.45, 7) is 5.91. The number of halogens is 1. The Morgan fingerprint density at radius 3 is 2.62 bits per heavy atom. The first-order chi connectivity index (χ1) is 11.5. The molecule has 2 aromatic rings. The molecule has 0 aliphatic carbocycles. The Morgan fingerprint density at radius 1 is 1.25 bits per heavy atom. The molecule has 0 unspecified atom stereocenters. The van der Waals surface area contributed by atoms with Gasteiger partial charge in [-0.15, -0.1) is 0 Å². The standard InChI is InChI=1S/C17H21BrN4O2/c1-4-10(3)19-17(24)14-13(18)15(22-21-14)20-16(23)12-9-7-6-8-11(12)5-2/h6-10H,4-5H2,1-3H3,(H,19,24)(H2,20,21,22,23)/t10-/m1/s1. The normalized spacial score (nSPS) is 11.8. The molecule has 6 nitrogen and oxygen atoms in total. The zero-order valence-corrected chi connectivity index (χ0v) is 15.5. The fourth-order valence-corrected chi connectivity index (χ4v) is 2.64. The first-order valence-electron chi connectivity index (χ1n) is 7.91. The van der Waals surface area contributed by atoms with Gasteiger partial charge in [-0.2, -0.15) is 5.10 Å². The lowest BCUT2D eigenvalue weighted by Crippen LogP contribution is -2.32. The summed E-state index contributed by atoms with van der Waals surface area (Å²) in [7, 11) is 0. The Labute approximate surface area is 149 Å². The van der Waals surface area contributed by atoms with Crippen LogP contribution in [0.15, 0.2) is 28.7 Å². The molecule has 1 aromatic heterocycles. The van der Waals surface area contributed by atoms with E-state index in [9.17, 15) is 9.59 Å². The van der Waals surface area contributed by atoms with Crippen molar-refractivity contribution in [1.29, 1.82) is 0 Å². The molecule has 1 aromatic carbocycles. The molecule has 24 heavy (non-hydrogen) atoms. The number of nitrogens with one attached hydrogen (secondary N) is 3. The average molecular weight is 393 g/mol. The van der Waals surface area contributed by atoms with E-state index in [0.717, 1.165) is 18.4 Å². The van der Waals surface area contributed by atoms with Crippen LogP contribution < -0.4 is 10.6 Å². The van der Waals surface area contributed by atoms with Gasteiger partial charge in [0.15, 0.2) is 5.82 Å². The van der Waals surface area contributed by atoms with Crippen molar-refractivity contribution in [3.63, 3.8) is 0 Å². The van der Waals surface area contributed by atoms with Crippen molar-refractivity contribution in [3.8, 4) is 0 Å². The monoisotopic (exact) mass is 392 g/mol. The summed E-state index contributed by atoms with van der Waals surface area (Å²) in [5.41, 5.74) is 1.84. The van der Waals surface area contributed by atoms with Gasteiger partial charge in [-0.3, -0.25) is 14.7 Å². The maximum Gasteiger partial charge on any atom is 0.270 e. The third kappa shape index (κ3) is 4.03. The number of hydrogen-bond donors (Lipinski definition) is 3. The molecular weight excluding hydrogens is 372 g/mol. The Bertz CT molecular complexity index is 742. The summed E-state index contributed by atoms with van der Waals surface area (Å²) in [5.74, 6) is -0.230. The van der Waals surface area contributed by atoms with Gasteiger partial charge in [0.2, 0.25) is 0 Å². The second kappa shape index (κ2) is 8.10. The van der Waals surface area contributed by atoms with Crippen LogP contribution >= 0.6 is 15.9 Å². The van der Waals surface area contributed by atoms with Crippen LogP contribution in [-0.2, 0) is 6.42 Å². The van der Waals surface area contributed by atoms with E-state index < -0.39 is 0 Å². The molecule has 0 aliphatic heterocycles. The molecule has 0 radical (unpaired) electrons. The van der Waals surface area contributed by atoms with Crippen LogP contribution in [0.1, 0.15) is 53.6 Å². The van der Waals surface area contributed by atoms with Crippen LogP contribution in [0.2, 0.25) is 0 Å². The Hall–Kier alpha value is -2.15. The van der Waals surface area contributed by atoms with Gasteiger partial charge < -0.3 is 10.6 Å². The van der Waals surface area contributed by atoms with Crippen molar-refractivity contribution in [3.05, 3.63) is 45.6 Å². The third-order valence-electron chi connectivity index (χ3n) is 3.80. The van der Waals surface area contributed by atoms with Crippen molar-refractivity contribution in [2.24, 2.45) is 0 Å².